The first kappa shape index (κ1) is 96.6. The number of nitrogens with one attached hydrogen (secondary N) is 1. The van der Waals surface area contributed by atoms with E-state index in [9.17, 15) is 0 Å². The van der Waals surface area contributed by atoms with Crippen LogP contribution in [-0.4, -0.2) is 45.2 Å². The minimum atomic E-state index is -0.225. The first-order chi connectivity index (χ1) is 53.8. The van der Waals surface area contributed by atoms with E-state index in [0.29, 0.717) is 0 Å². The van der Waals surface area contributed by atoms with Crippen LogP contribution in [-0.2, 0) is 65.5 Å². The Kier molecular flexibility index (Phi) is 47.5. The van der Waals surface area contributed by atoms with E-state index in [2.05, 4.69) is 180 Å². The first-order valence-electron chi connectivity index (χ1n) is 41.1. The molecule has 11 aromatic carbocycles. The molecular formula is C105H131N4P2Zr2-5. The second-order valence-electron chi connectivity index (χ2n) is 31.7. The SMILES string of the molecule is CC(C)(C)NC(=NCc1cccc2ccccc12)P(C1CCCCC1)C1CCCCC1.CC(C)(C)[N-]C([N-]Cc1cccc2ccccc12)P(C1CCCCC1)C1CCCCC1.[CH2-]c1ccccc1.[CH2-]c1ccccc1.[CH2-]c1ccccc1.[CH2-]c1ccccc1.[CH2-]c1ccccc1.[CH2-]c1ccccc1.[CH2-]c1ccccc1.[Zr+4].[Zr]. The molecule has 4 fully saturated rings. The van der Waals surface area contributed by atoms with E-state index in [1.54, 1.807) is 0 Å². The Morgan fingerprint density at radius 2 is 0.602 bits per heavy atom. The third-order valence-corrected chi connectivity index (χ3v) is 26.8. The summed E-state index contributed by atoms with van der Waals surface area (Å²) in [6, 6.07) is 100.0. The third kappa shape index (κ3) is 40.0. The summed E-state index contributed by atoms with van der Waals surface area (Å²) in [5.74, 6) is 0.195. The molecule has 8 heteroatoms. The van der Waals surface area contributed by atoms with Crippen molar-refractivity contribution >= 4 is 43.0 Å². The van der Waals surface area contributed by atoms with Gasteiger partial charge in [0, 0.05) is 31.7 Å². The molecule has 4 aliphatic carbocycles. The zero-order chi connectivity index (χ0) is 79.2. The van der Waals surface area contributed by atoms with Crippen LogP contribution in [0.15, 0.2) is 302 Å². The summed E-state index contributed by atoms with van der Waals surface area (Å²) in [7, 11) is -0.423. The van der Waals surface area contributed by atoms with E-state index in [0.717, 1.165) is 74.7 Å². The molecule has 4 nitrogen and oxygen atoms in total. The Morgan fingerprint density at radius 3 is 0.876 bits per heavy atom. The van der Waals surface area contributed by atoms with Crippen LogP contribution in [0.2, 0.25) is 0 Å². The van der Waals surface area contributed by atoms with Crippen LogP contribution in [0.25, 0.3) is 32.2 Å². The predicted octanol–water partition coefficient (Wildman–Crippen LogP) is 30.6. The average molecular weight is 1690 g/mol. The Morgan fingerprint density at radius 1 is 0.345 bits per heavy atom. The molecule has 0 radical (unpaired) electrons. The van der Waals surface area contributed by atoms with E-state index < -0.39 is 0 Å². The molecule has 1 N–H and O–H groups in total. The first-order valence-corrected chi connectivity index (χ1v) is 44.1. The molecule has 1 unspecified atom stereocenters. The minimum Gasteiger partial charge on any atom is -0.670 e. The summed E-state index contributed by atoms with van der Waals surface area (Å²) < 4.78 is 0. The van der Waals surface area contributed by atoms with Crippen LogP contribution in [0.3, 0.4) is 0 Å². The number of hydrogen-bond acceptors (Lipinski definition) is 1. The molecule has 0 aromatic heterocycles. The second-order valence-corrected chi connectivity index (χ2v) is 37.2. The van der Waals surface area contributed by atoms with Gasteiger partial charge in [0.1, 0.15) is 5.58 Å². The van der Waals surface area contributed by atoms with Crippen molar-refractivity contribution in [3.63, 3.8) is 0 Å². The van der Waals surface area contributed by atoms with Crippen LogP contribution < -0.4 is 5.32 Å². The molecule has 0 bridgehead atoms. The summed E-state index contributed by atoms with van der Waals surface area (Å²) in [6.07, 6.45) is 28.4. The largest absolute Gasteiger partial charge is 4.00 e. The van der Waals surface area contributed by atoms with E-state index in [4.69, 9.17) is 15.6 Å². The molecule has 0 aliphatic heterocycles. The topological polar surface area (TPSA) is 52.6 Å². The van der Waals surface area contributed by atoms with Crippen molar-refractivity contribution in [3.05, 3.63) is 406 Å². The average Bonchev–Trinajstić information content (AvgIpc) is 0.824. The Balaban J connectivity index is 0.000000252. The summed E-state index contributed by atoms with van der Waals surface area (Å²) in [5.41, 5.74) is 15.1. The van der Waals surface area contributed by atoms with Gasteiger partial charge < -0.3 is 16.0 Å². The van der Waals surface area contributed by atoms with Crippen molar-refractivity contribution < 1.29 is 52.4 Å². The summed E-state index contributed by atoms with van der Waals surface area (Å²) in [4.78, 5) is 5.41. The van der Waals surface area contributed by atoms with Gasteiger partial charge in [-0.15, -0.1) is 105 Å². The van der Waals surface area contributed by atoms with Crippen LogP contribution in [0.5, 0.6) is 0 Å². The zero-order valence-corrected chi connectivity index (χ0v) is 76.1. The predicted molar refractivity (Wildman–Crippen MR) is 494 cm³/mol. The van der Waals surface area contributed by atoms with Gasteiger partial charge in [0.05, 0.1) is 6.54 Å². The summed E-state index contributed by atoms with van der Waals surface area (Å²) in [6.45, 7) is 41.3. The number of rotatable bonds is 12. The third-order valence-electron chi connectivity index (χ3n) is 19.9. The monoisotopic (exact) mass is 1690 g/mol. The van der Waals surface area contributed by atoms with Crippen molar-refractivity contribution in [1.82, 2.24) is 5.32 Å². The smallest absolute Gasteiger partial charge is 0.670 e. The molecule has 4 saturated carbocycles. The van der Waals surface area contributed by atoms with Gasteiger partial charge in [-0.1, -0.05) is 231 Å². The van der Waals surface area contributed by atoms with Crippen molar-refractivity contribution in [1.29, 1.82) is 0 Å². The molecule has 15 rings (SSSR count). The van der Waals surface area contributed by atoms with Crippen molar-refractivity contribution in [2.45, 2.75) is 223 Å². The minimum absolute atomic E-state index is 0. The van der Waals surface area contributed by atoms with Crippen molar-refractivity contribution in [2.24, 2.45) is 4.99 Å². The van der Waals surface area contributed by atoms with Crippen molar-refractivity contribution in [2.75, 3.05) is 0 Å². The quantitative estimate of drug-likeness (QED) is 0.0564. The van der Waals surface area contributed by atoms with E-state index in [1.165, 1.54) is 167 Å². The van der Waals surface area contributed by atoms with Gasteiger partial charge in [0.25, 0.3) is 0 Å². The number of benzene rings is 11. The number of hydrogen-bond donors (Lipinski definition) is 1. The van der Waals surface area contributed by atoms with Gasteiger partial charge in [-0.25, -0.2) is 5.91 Å². The summed E-state index contributed by atoms with van der Waals surface area (Å²) in [5, 5.41) is 20.1. The fourth-order valence-electron chi connectivity index (χ4n) is 14.4. The number of aliphatic imine (C=N–C) groups is 1. The molecule has 4 aliphatic rings. The number of fused-ring (bicyclic) bond motifs is 2. The summed E-state index contributed by atoms with van der Waals surface area (Å²) >= 11 is 0. The molecule has 0 spiro atoms. The van der Waals surface area contributed by atoms with Gasteiger partial charge in [-0.2, -0.15) is 172 Å². The van der Waals surface area contributed by atoms with Gasteiger partial charge in [-0.05, 0) is 130 Å². The van der Waals surface area contributed by atoms with Crippen LogP contribution in [0.1, 0.15) is 220 Å². The molecule has 11 aromatic rings. The Labute approximate surface area is 728 Å². The molecular weight excluding hydrogens is 1560 g/mol. The molecule has 594 valence electrons. The van der Waals surface area contributed by atoms with Crippen molar-refractivity contribution in [3.8, 4) is 0 Å². The molecule has 113 heavy (non-hydrogen) atoms. The number of amidine groups is 1. The molecule has 0 heterocycles. The normalized spacial score (nSPS) is 14.7. The van der Waals surface area contributed by atoms with E-state index >= 15 is 0 Å². The van der Waals surface area contributed by atoms with Gasteiger partial charge in [0.2, 0.25) is 0 Å². The standard InChI is InChI=1S/2C28H41N2P.7C7H7.2Zr/c2*1-28(2,3)30-27(29-21-23-15-12-14-22-13-10-11-20-26(22)23)31(24-16-6-4-7-17-24)25-18-8-5-9-19-25;7*1-7-5-3-2-4-6-7;;/h10-15,20,24-25H,4-9,16-19,21H2,1-3H3,(H,29,30);10-15,20,24-25,27H,4-9,16-19,21H2,1-3H3;7*2-6H,1H2;;/q;-2;7*-1;;+4. The van der Waals surface area contributed by atoms with Gasteiger partial charge in [0.15, 0.2) is 0 Å². The zero-order valence-electron chi connectivity index (χ0n) is 69.4. The van der Waals surface area contributed by atoms with E-state index in [-0.39, 0.29) is 85.2 Å². The van der Waals surface area contributed by atoms with Crippen LogP contribution >= 0.6 is 15.8 Å². The van der Waals surface area contributed by atoms with Crippen LogP contribution in [0, 0.1) is 48.5 Å². The maximum absolute atomic E-state index is 5.44. The second kappa shape index (κ2) is 55.6. The fraction of sp³-hybridized carbons (Fsp3) is 0.333. The van der Waals surface area contributed by atoms with Gasteiger partial charge in [-0.3, -0.25) is 4.99 Å². The Bertz CT molecular complexity index is 3770. The molecule has 0 amide bonds. The fourth-order valence-corrected chi connectivity index (χ4v) is 22.3. The maximum Gasteiger partial charge on any atom is 4.00 e. The van der Waals surface area contributed by atoms with Gasteiger partial charge >= 0.3 is 26.2 Å². The maximum atomic E-state index is 5.44. The van der Waals surface area contributed by atoms with E-state index in [1.807, 2.05) is 212 Å². The molecule has 0 saturated heterocycles. The number of nitrogens with zero attached hydrogens (tertiary/aromatic N) is 3. The molecule has 1 atom stereocenters. The van der Waals surface area contributed by atoms with Crippen LogP contribution in [0.4, 0.5) is 0 Å². The Hall–Kier alpha value is -6.95.